The summed E-state index contributed by atoms with van der Waals surface area (Å²) in [7, 11) is 0. The minimum Gasteiger partial charge on any atom is -0.480 e. The lowest BCUT2D eigenvalue weighted by molar-refractivity contribution is -0.145. The Morgan fingerprint density at radius 2 is 2.00 bits per heavy atom. The molecule has 0 saturated carbocycles. The molecule has 0 bridgehead atoms. The third-order valence-corrected chi connectivity index (χ3v) is 4.96. The van der Waals surface area contributed by atoms with Gasteiger partial charge in [0.25, 0.3) is 0 Å². The fourth-order valence-electron chi connectivity index (χ4n) is 2.39. The average molecular weight is 365 g/mol. The van der Waals surface area contributed by atoms with Gasteiger partial charge < -0.3 is 9.47 Å². The van der Waals surface area contributed by atoms with E-state index in [1.807, 2.05) is 11.4 Å². The van der Waals surface area contributed by atoms with Crippen LogP contribution >= 0.6 is 22.9 Å². The summed E-state index contributed by atoms with van der Waals surface area (Å²) in [4.78, 5) is 11.4. The van der Waals surface area contributed by atoms with Gasteiger partial charge in [-0.1, -0.05) is 29.8 Å². The Kier molecular flexibility index (Phi) is 5.02. The predicted octanol–water partition coefficient (Wildman–Crippen LogP) is 5.30. The summed E-state index contributed by atoms with van der Waals surface area (Å²) >= 11 is 7.79. The Labute approximate surface area is 147 Å². The molecule has 1 aromatic heterocycles. The monoisotopic (exact) mass is 364 g/mol. The Morgan fingerprint density at radius 3 is 2.75 bits per heavy atom. The van der Waals surface area contributed by atoms with Crippen LogP contribution in [0.15, 0.2) is 41.8 Å². The molecule has 24 heavy (non-hydrogen) atoms. The molecular weight excluding hydrogens is 351 g/mol. The molecule has 6 heteroatoms. The van der Waals surface area contributed by atoms with Gasteiger partial charge in [0.05, 0.1) is 11.3 Å². The lowest BCUT2D eigenvalue weighted by atomic mass is 10.0. The van der Waals surface area contributed by atoms with Crippen LogP contribution in [0.1, 0.15) is 6.92 Å². The maximum Gasteiger partial charge on any atom is 0.344 e. The van der Waals surface area contributed by atoms with E-state index in [1.165, 1.54) is 17.4 Å². The minimum absolute atomic E-state index is 0.204. The molecule has 0 aliphatic rings. The van der Waals surface area contributed by atoms with Crippen molar-refractivity contribution in [3.05, 3.63) is 52.6 Å². The first-order valence-electron chi connectivity index (χ1n) is 7.34. The highest BCUT2D eigenvalue weighted by atomic mass is 35.5. The molecule has 3 rings (SSSR count). The minimum atomic E-state index is -0.452. The van der Waals surface area contributed by atoms with Crippen molar-refractivity contribution >= 4 is 39.0 Å². The number of fused-ring (bicyclic) bond motifs is 1. The number of rotatable bonds is 5. The topological polar surface area (TPSA) is 35.5 Å². The second-order valence-electron chi connectivity index (χ2n) is 4.98. The van der Waals surface area contributed by atoms with E-state index in [9.17, 15) is 9.18 Å². The molecule has 3 nitrogen and oxygen atoms in total. The van der Waals surface area contributed by atoms with Gasteiger partial charge in [-0.15, -0.1) is 11.3 Å². The third-order valence-electron chi connectivity index (χ3n) is 3.46. The summed E-state index contributed by atoms with van der Waals surface area (Å²) in [6.45, 7) is 1.82. The number of benzene rings is 2. The molecule has 0 amide bonds. The van der Waals surface area contributed by atoms with Crippen molar-refractivity contribution in [2.45, 2.75) is 6.92 Å². The number of hydrogen-bond donors (Lipinski definition) is 0. The zero-order chi connectivity index (χ0) is 17.1. The van der Waals surface area contributed by atoms with Crippen molar-refractivity contribution < 1.29 is 18.7 Å². The van der Waals surface area contributed by atoms with Gasteiger partial charge in [-0.25, -0.2) is 9.18 Å². The largest absolute Gasteiger partial charge is 0.480 e. The van der Waals surface area contributed by atoms with E-state index in [1.54, 1.807) is 31.2 Å². The van der Waals surface area contributed by atoms with Gasteiger partial charge in [-0.2, -0.15) is 0 Å². The first kappa shape index (κ1) is 16.7. The number of carbonyl (C=O) groups is 1. The van der Waals surface area contributed by atoms with E-state index in [-0.39, 0.29) is 12.4 Å². The molecule has 3 aromatic rings. The van der Waals surface area contributed by atoms with E-state index in [4.69, 9.17) is 21.1 Å². The van der Waals surface area contributed by atoms with Gasteiger partial charge in [0, 0.05) is 16.5 Å². The number of carbonyl (C=O) groups excluding carboxylic acids is 1. The second kappa shape index (κ2) is 7.20. The number of halogens is 2. The normalized spacial score (nSPS) is 10.8. The zero-order valence-electron chi connectivity index (χ0n) is 12.8. The van der Waals surface area contributed by atoms with Gasteiger partial charge >= 0.3 is 5.97 Å². The van der Waals surface area contributed by atoms with Crippen LogP contribution < -0.4 is 4.74 Å². The Morgan fingerprint density at radius 1 is 1.21 bits per heavy atom. The molecule has 0 N–H and O–H groups in total. The maximum atomic E-state index is 14.0. The lowest BCUT2D eigenvalue weighted by Gasteiger charge is -2.08. The molecule has 0 saturated heterocycles. The van der Waals surface area contributed by atoms with Crippen molar-refractivity contribution in [2.75, 3.05) is 13.2 Å². The van der Waals surface area contributed by atoms with E-state index in [0.717, 1.165) is 15.6 Å². The van der Waals surface area contributed by atoms with Gasteiger partial charge in [0.2, 0.25) is 0 Å². The summed E-state index contributed by atoms with van der Waals surface area (Å²) in [6.07, 6.45) is 0. The second-order valence-corrected chi connectivity index (χ2v) is 6.23. The first-order chi connectivity index (χ1) is 11.6. The highest BCUT2D eigenvalue weighted by Gasteiger charge is 2.15. The van der Waals surface area contributed by atoms with Crippen LogP contribution in [0.2, 0.25) is 5.02 Å². The number of hydrogen-bond acceptors (Lipinski definition) is 4. The van der Waals surface area contributed by atoms with Crippen molar-refractivity contribution in [3.63, 3.8) is 0 Å². The lowest BCUT2D eigenvalue weighted by Crippen LogP contribution is -2.14. The van der Waals surface area contributed by atoms with Crippen LogP contribution in [0, 0.1) is 5.82 Å². The van der Waals surface area contributed by atoms with E-state index >= 15 is 0 Å². The van der Waals surface area contributed by atoms with Gasteiger partial charge in [-0.3, -0.25) is 0 Å². The number of thiophene rings is 1. The fraction of sp³-hybridized carbons (Fsp3) is 0.167. The Bertz CT molecular complexity index is 891. The zero-order valence-corrected chi connectivity index (χ0v) is 14.4. The van der Waals surface area contributed by atoms with Gasteiger partial charge in [0.15, 0.2) is 6.61 Å². The van der Waals surface area contributed by atoms with Crippen LogP contribution in [0.4, 0.5) is 4.39 Å². The summed E-state index contributed by atoms with van der Waals surface area (Å²) in [5, 5.41) is 3.12. The molecule has 0 unspecified atom stereocenters. The number of esters is 1. The predicted molar refractivity (Wildman–Crippen MR) is 94.4 cm³/mol. The molecule has 0 atom stereocenters. The van der Waals surface area contributed by atoms with E-state index in [0.29, 0.717) is 22.9 Å². The molecule has 0 fully saturated rings. The smallest absolute Gasteiger partial charge is 0.344 e. The SMILES string of the molecule is CCOC(=O)COc1ccc2c(-c3ccccc3F)csc2c1Cl. The average Bonchev–Trinajstić information content (AvgIpc) is 3.00. The van der Waals surface area contributed by atoms with Crippen molar-refractivity contribution in [3.8, 4) is 16.9 Å². The van der Waals surface area contributed by atoms with E-state index < -0.39 is 5.97 Å². The van der Waals surface area contributed by atoms with Gasteiger partial charge in [0.1, 0.15) is 16.6 Å². The van der Waals surface area contributed by atoms with Crippen LogP contribution in [0.25, 0.3) is 21.2 Å². The standard InChI is InChI=1S/C18H14ClFO3S/c1-2-22-16(21)9-23-15-8-7-12-13(10-24-18(12)17(15)19)11-5-3-4-6-14(11)20/h3-8,10H,2,9H2,1H3. The summed E-state index contributed by atoms with van der Waals surface area (Å²) in [5.41, 5.74) is 1.31. The van der Waals surface area contributed by atoms with Crippen LogP contribution in [0.3, 0.4) is 0 Å². The van der Waals surface area contributed by atoms with Crippen molar-refractivity contribution in [1.29, 1.82) is 0 Å². The Balaban J connectivity index is 1.94. The molecule has 0 aliphatic carbocycles. The van der Waals surface area contributed by atoms with Crippen molar-refractivity contribution in [2.24, 2.45) is 0 Å². The number of ether oxygens (including phenoxy) is 2. The molecular formula is C18H14ClFO3S. The summed E-state index contributed by atoms with van der Waals surface area (Å²) < 4.78 is 25.1. The van der Waals surface area contributed by atoms with Crippen LogP contribution in [-0.2, 0) is 9.53 Å². The molecule has 2 aromatic carbocycles. The van der Waals surface area contributed by atoms with Gasteiger partial charge in [-0.05, 0) is 30.5 Å². The molecule has 0 aliphatic heterocycles. The molecule has 124 valence electrons. The Hall–Kier alpha value is -2.11. The van der Waals surface area contributed by atoms with Crippen molar-refractivity contribution in [1.82, 2.24) is 0 Å². The highest BCUT2D eigenvalue weighted by Crippen LogP contribution is 2.42. The van der Waals surface area contributed by atoms with Crippen LogP contribution in [0.5, 0.6) is 5.75 Å². The summed E-state index contributed by atoms with van der Waals surface area (Å²) in [6, 6.07) is 10.1. The third kappa shape index (κ3) is 3.23. The highest BCUT2D eigenvalue weighted by molar-refractivity contribution is 7.18. The molecule has 0 spiro atoms. The van der Waals surface area contributed by atoms with E-state index in [2.05, 4.69) is 0 Å². The molecule has 0 radical (unpaired) electrons. The van der Waals surface area contributed by atoms with Crippen LogP contribution in [-0.4, -0.2) is 19.2 Å². The summed E-state index contributed by atoms with van der Waals surface area (Å²) in [5.74, 6) is -0.331. The molecule has 1 heterocycles. The maximum absolute atomic E-state index is 14.0. The first-order valence-corrected chi connectivity index (χ1v) is 8.60. The fourth-order valence-corrected chi connectivity index (χ4v) is 3.74. The quantitative estimate of drug-likeness (QED) is 0.576.